The fourth-order valence-electron chi connectivity index (χ4n) is 3.70. The van der Waals surface area contributed by atoms with E-state index in [0.717, 1.165) is 12.8 Å². The van der Waals surface area contributed by atoms with Crippen LogP contribution < -0.4 is 0 Å². The second kappa shape index (κ2) is 9.83. The first-order valence-electron chi connectivity index (χ1n) is 10.4. The van der Waals surface area contributed by atoms with Crippen LogP contribution in [0.4, 0.5) is 4.39 Å². The molecule has 0 saturated carbocycles. The van der Waals surface area contributed by atoms with Crippen molar-refractivity contribution in [3.63, 3.8) is 0 Å². The fourth-order valence-corrected chi connectivity index (χ4v) is 4.52. The van der Waals surface area contributed by atoms with Crippen LogP contribution in [0, 0.1) is 5.82 Å². The Balaban J connectivity index is 1.27. The maximum absolute atomic E-state index is 14.0. The van der Waals surface area contributed by atoms with E-state index in [2.05, 4.69) is 17.1 Å². The molecule has 1 aromatic heterocycles. The van der Waals surface area contributed by atoms with E-state index < -0.39 is 0 Å². The van der Waals surface area contributed by atoms with Gasteiger partial charge in [0.25, 0.3) is 5.91 Å². The Morgan fingerprint density at radius 2 is 1.61 bits per heavy atom. The van der Waals surface area contributed by atoms with Gasteiger partial charge in [0.2, 0.25) is 5.91 Å². The van der Waals surface area contributed by atoms with Gasteiger partial charge in [0.15, 0.2) is 0 Å². The summed E-state index contributed by atoms with van der Waals surface area (Å²) in [5, 5.41) is 2.17. The van der Waals surface area contributed by atoms with Gasteiger partial charge in [0, 0.05) is 43.5 Å². The number of amides is 2. The molecule has 0 spiro atoms. The lowest BCUT2D eigenvalue weighted by Crippen LogP contribution is -2.50. The number of hydrogen-bond acceptors (Lipinski definition) is 4. The predicted molar refractivity (Wildman–Crippen MR) is 119 cm³/mol. The summed E-state index contributed by atoms with van der Waals surface area (Å²) in [6, 6.07) is 16.6. The normalized spacial score (nSPS) is 14.0. The van der Waals surface area contributed by atoms with Gasteiger partial charge in [-0.3, -0.25) is 9.59 Å². The summed E-state index contributed by atoms with van der Waals surface area (Å²) in [5.41, 5.74) is 1.96. The van der Waals surface area contributed by atoms with Crippen molar-refractivity contribution in [2.45, 2.75) is 19.3 Å². The van der Waals surface area contributed by atoms with E-state index >= 15 is 0 Å². The average Bonchev–Trinajstić information content (AvgIpc) is 3.30. The highest BCUT2D eigenvalue weighted by atomic mass is 32.1. The van der Waals surface area contributed by atoms with Crippen LogP contribution in [-0.2, 0) is 11.2 Å². The van der Waals surface area contributed by atoms with Crippen LogP contribution in [0.2, 0.25) is 0 Å². The topological polar surface area (TPSA) is 53.5 Å². The third kappa shape index (κ3) is 5.17. The average molecular weight is 438 g/mol. The van der Waals surface area contributed by atoms with Crippen LogP contribution in [-0.4, -0.2) is 52.8 Å². The van der Waals surface area contributed by atoms with Crippen molar-refractivity contribution in [3.05, 3.63) is 77.1 Å². The number of benzene rings is 2. The van der Waals surface area contributed by atoms with Crippen molar-refractivity contribution < 1.29 is 14.0 Å². The molecule has 0 N–H and O–H groups in total. The third-order valence-electron chi connectivity index (χ3n) is 5.45. The van der Waals surface area contributed by atoms with Crippen molar-refractivity contribution in [2.75, 3.05) is 26.2 Å². The Bertz CT molecular complexity index is 1050. The first-order valence-corrected chi connectivity index (χ1v) is 11.3. The van der Waals surface area contributed by atoms with Gasteiger partial charge >= 0.3 is 0 Å². The van der Waals surface area contributed by atoms with Gasteiger partial charge in [-0.05, 0) is 30.5 Å². The Labute approximate surface area is 185 Å². The lowest BCUT2D eigenvalue weighted by Gasteiger charge is -2.34. The van der Waals surface area contributed by atoms with E-state index in [1.165, 1.54) is 23.0 Å². The van der Waals surface area contributed by atoms with Crippen LogP contribution in [0.1, 0.15) is 28.9 Å². The molecule has 3 aromatic rings. The first-order chi connectivity index (χ1) is 15.1. The first kappa shape index (κ1) is 21.2. The van der Waals surface area contributed by atoms with Gasteiger partial charge in [-0.15, -0.1) is 11.3 Å². The number of aromatic nitrogens is 1. The highest BCUT2D eigenvalue weighted by Crippen LogP contribution is 2.26. The molecular weight excluding hydrogens is 413 g/mol. The van der Waals surface area contributed by atoms with E-state index in [4.69, 9.17) is 0 Å². The maximum atomic E-state index is 14.0. The molecule has 0 radical (unpaired) electrons. The molecule has 7 heteroatoms. The van der Waals surface area contributed by atoms with Gasteiger partial charge in [0.05, 0.1) is 0 Å². The quantitative estimate of drug-likeness (QED) is 0.579. The molecule has 4 rings (SSSR count). The monoisotopic (exact) mass is 437 g/mol. The van der Waals surface area contributed by atoms with Crippen molar-refractivity contribution in [1.29, 1.82) is 0 Å². The molecule has 0 bridgehead atoms. The minimum atomic E-state index is -0.352. The second-order valence-corrected chi connectivity index (χ2v) is 8.39. The summed E-state index contributed by atoms with van der Waals surface area (Å²) in [7, 11) is 0. The number of rotatable bonds is 6. The number of aryl methyl sites for hydroxylation is 1. The second-order valence-electron chi connectivity index (χ2n) is 7.53. The Morgan fingerprint density at radius 1 is 0.935 bits per heavy atom. The van der Waals surface area contributed by atoms with Crippen molar-refractivity contribution in [1.82, 2.24) is 14.8 Å². The van der Waals surface area contributed by atoms with Crippen molar-refractivity contribution in [2.24, 2.45) is 0 Å². The van der Waals surface area contributed by atoms with Gasteiger partial charge in [-0.1, -0.05) is 42.5 Å². The van der Waals surface area contributed by atoms with Crippen LogP contribution in [0.25, 0.3) is 10.6 Å². The molecule has 0 aliphatic carbocycles. The molecule has 2 amide bonds. The van der Waals surface area contributed by atoms with Gasteiger partial charge in [-0.2, -0.15) is 0 Å². The van der Waals surface area contributed by atoms with Crippen molar-refractivity contribution >= 4 is 23.2 Å². The number of halogens is 1. The largest absolute Gasteiger partial charge is 0.339 e. The minimum absolute atomic E-state index is 0.138. The molecule has 2 aromatic carbocycles. The lowest BCUT2D eigenvalue weighted by atomic mass is 10.1. The molecule has 160 valence electrons. The number of nitrogens with zero attached hydrogens (tertiary/aromatic N) is 3. The molecule has 0 atom stereocenters. The van der Waals surface area contributed by atoms with E-state index in [1.54, 1.807) is 28.5 Å². The van der Waals surface area contributed by atoms with Crippen LogP contribution >= 0.6 is 11.3 Å². The smallest absolute Gasteiger partial charge is 0.273 e. The van der Waals surface area contributed by atoms with E-state index in [1.807, 2.05) is 23.1 Å². The summed E-state index contributed by atoms with van der Waals surface area (Å²) in [6.07, 6.45) is 2.22. The Morgan fingerprint density at radius 3 is 2.35 bits per heavy atom. The fraction of sp³-hybridized carbons (Fsp3) is 0.292. The number of carbonyl (C=O) groups excluding carboxylic acids is 2. The van der Waals surface area contributed by atoms with Gasteiger partial charge < -0.3 is 9.80 Å². The molecule has 5 nitrogen and oxygen atoms in total. The van der Waals surface area contributed by atoms with Gasteiger partial charge in [-0.25, -0.2) is 9.37 Å². The highest BCUT2D eigenvalue weighted by molar-refractivity contribution is 7.13. The zero-order valence-corrected chi connectivity index (χ0v) is 18.0. The Hall–Kier alpha value is -3.06. The van der Waals surface area contributed by atoms with E-state index in [-0.39, 0.29) is 17.6 Å². The van der Waals surface area contributed by atoms with Crippen LogP contribution in [0.5, 0.6) is 0 Å². The molecule has 1 fully saturated rings. The zero-order chi connectivity index (χ0) is 21.6. The summed E-state index contributed by atoms with van der Waals surface area (Å²) >= 11 is 1.26. The lowest BCUT2D eigenvalue weighted by molar-refractivity contribution is -0.132. The third-order valence-corrected chi connectivity index (χ3v) is 6.32. The van der Waals surface area contributed by atoms with Crippen LogP contribution in [0.3, 0.4) is 0 Å². The summed E-state index contributed by atoms with van der Waals surface area (Å²) < 4.78 is 14.0. The van der Waals surface area contributed by atoms with E-state index in [0.29, 0.717) is 48.9 Å². The van der Waals surface area contributed by atoms with E-state index in [9.17, 15) is 14.0 Å². The molecule has 1 aliphatic rings. The molecule has 2 heterocycles. The Kier molecular flexibility index (Phi) is 6.72. The molecule has 1 aliphatic heterocycles. The van der Waals surface area contributed by atoms with Crippen LogP contribution in [0.15, 0.2) is 60.0 Å². The van der Waals surface area contributed by atoms with Gasteiger partial charge in [0.1, 0.15) is 16.5 Å². The number of thiazole rings is 1. The summed E-state index contributed by atoms with van der Waals surface area (Å²) in [5.74, 6) is -0.385. The molecular formula is C24H24FN3O2S. The summed E-state index contributed by atoms with van der Waals surface area (Å²) in [4.78, 5) is 33.2. The number of piperazine rings is 1. The minimum Gasteiger partial charge on any atom is -0.339 e. The molecule has 0 unspecified atom stereocenters. The maximum Gasteiger partial charge on any atom is 0.273 e. The zero-order valence-electron chi connectivity index (χ0n) is 17.2. The standard InChI is InChI=1S/C24H24FN3O2S/c25-20-11-5-4-10-19(20)23-26-21(17-31-23)24(30)28-15-13-27(14-16-28)22(29)12-6-9-18-7-2-1-3-8-18/h1-5,7-8,10-11,17H,6,9,12-16H2. The van der Waals surface area contributed by atoms with Crippen molar-refractivity contribution in [3.8, 4) is 10.6 Å². The highest BCUT2D eigenvalue weighted by Gasteiger charge is 2.26. The molecule has 1 saturated heterocycles. The summed E-state index contributed by atoms with van der Waals surface area (Å²) in [6.45, 7) is 2.02. The SMILES string of the molecule is O=C(CCCc1ccccc1)N1CCN(C(=O)c2csc(-c3ccccc3F)n2)CC1. The number of hydrogen-bond donors (Lipinski definition) is 0. The number of carbonyl (C=O) groups is 2. The predicted octanol–water partition coefficient (Wildman–Crippen LogP) is 4.26. The molecule has 31 heavy (non-hydrogen) atoms.